The number of rotatable bonds is 4. The van der Waals surface area contributed by atoms with E-state index in [1.807, 2.05) is 37.3 Å². The number of carbonyl (C=O) groups is 1. The minimum absolute atomic E-state index is 0.0205. The zero-order valence-electron chi connectivity index (χ0n) is 10.9. The van der Waals surface area contributed by atoms with Gasteiger partial charge in [0.1, 0.15) is 0 Å². The molecule has 0 aliphatic carbocycles. The second kappa shape index (κ2) is 6.74. The lowest BCUT2D eigenvalue weighted by Gasteiger charge is -2.21. The molecule has 0 radical (unpaired) electrons. The quantitative estimate of drug-likeness (QED) is 0.743. The molecular weight excluding hydrogens is 404 g/mol. The number of nitrogens with zero attached hydrogens (tertiary/aromatic N) is 1. The summed E-state index contributed by atoms with van der Waals surface area (Å²) >= 11 is 8.25. The van der Waals surface area contributed by atoms with Crippen molar-refractivity contribution < 1.29 is 4.79 Å². The molecule has 2 rings (SSSR count). The highest BCUT2D eigenvalue weighted by molar-refractivity contribution is 9.13. The van der Waals surface area contributed by atoms with Gasteiger partial charge in [-0.3, -0.25) is 4.79 Å². The van der Waals surface area contributed by atoms with E-state index in [1.54, 1.807) is 4.90 Å². The van der Waals surface area contributed by atoms with Crippen LogP contribution in [-0.2, 0) is 6.54 Å². The maximum Gasteiger partial charge on any atom is 0.264 e. The SMILES string of the molecule is CCN(Cc1ccccc1N)C(=O)c1cc(Br)c(Br)s1. The molecule has 20 heavy (non-hydrogen) atoms. The third-order valence-electron chi connectivity index (χ3n) is 2.94. The van der Waals surface area contributed by atoms with Crippen LogP contribution in [0.2, 0.25) is 0 Å². The molecule has 0 saturated carbocycles. The van der Waals surface area contributed by atoms with Crippen molar-refractivity contribution in [2.75, 3.05) is 12.3 Å². The van der Waals surface area contributed by atoms with E-state index < -0.39 is 0 Å². The average Bonchev–Trinajstić information content (AvgIpc) is 2.77. The molecule has 0 unspecified atom stereocenters. The third kappa shape index (κ3) is 3.42. The van der Waals surface area contributed by atoms with Crippen LogP contribution in [0.3, 0.4) is 0 Å². The molecule has 1 amide bonds. The number of nitrogen functional groups attached to an aromatic ring is 1. The van der Waals surface area contributed by atoms with Gasteiger partial charge < -0.3 is 10.6 Å². The van der Waals surface area contributed by atoms with E-state index in [0.29, 0.717) is 23.7 Å². The molecule has 2 aromatic rings. The number of nitrogens with two attached hydrogens (primary N) is 1. The molecule has 0 aliphatic rings. The van der Waals surface area contributed by atoms with E-state index >= 15 is 0 Å². The second-order valence-corrected chi connectivity index (χ2v) is 7.47. The monoisotopic (exact) mass is 416 g/mol. The summed E-state index contributed by atoms with van der Waals surface area (Å²) in [5, 5.41) is 0. The predicted octanol–water partition coefficient (Wildman–Crippen LogP) is 4.52. The first kappa shape index (κ1) is 15.5. The van der Waals surface area contributed by atoms with Crippen LogP contribution < -0.4 is 5.73 Å². The molecule has 1 heterocycles. The Labute approximate surface area is 139 Å². The Balaban J connectivity index is 2.20. The zero-order chi connectivity index (χ0) is 14.7. The Morgan fingerprint density at radius 3 is 2.60 bits per heavy atom. The smallest absolute Gasteiger partial charge is 0.264 e. The van der Waals surface area contributed by atoms with Crippen LogP contribution >= 0.6 is 43.2 Å². The first-order valence-electron chi connectivity index (χ1n) is 6.10. The minimum Gasteiger partial charge on any atom is -0.398 e. The zero-order valence-corrected chi connectivity index (χ0v) is 14.9. The van der Waals surface area contributed by atoms with Crippen molar-refractivity contribution in [1.82, 2.24) is 4.90 Å². The highest BCUT2D eigenvalue weighted by Crippen LogP contribution is 2.33. The van der Waals surface area contributed by atoms with Crippen molar-refractivity contribution in [3.05, 3.63) is 49.0 Å². The topological polar surface area (TPSA) is 46.3 Å². The fraction of sp³-hybridized carbons (Fsp3) is 0.214. The van der Waals surface area contributed by atoms with Crippen molar-refractivity contribution in [1.29, 1.82) is 0 Å². The number of benzene rings is 1. The summed E-state index contributed by atoms with van der Waals surface area (Å²) < 4.78 is 1.83. The van der Waals surface area contributed by atoms with E-state index in [9.17, 15) is 4.79 Å². The lowest BCUT2D eigenvalue weighted by molar-refractivity contribution is 0.0758. The molecule has 106 valence electrons. The summed E-state index contributed by atoms with van der Waals surface area (Å²) in [5.74, 6) is 0.0205. The summed E-state index contributed by atoms with van der Waals surface area (Å²) in [5.41, 5.74) is 7.63. The number of carbonyl (C=O) groups excluding carboxylic acids is 1. The molecule has 2 N–H and O–H groups in total. The fourth-order valence-corrected chi connectivity index (χ4v) is 3.82. The van der Waals surface area contributed by atoms with Crippen molar-refractivity contribution in [2.45, 2.75) is 13.5 Å². The van der Waals surface area contributed by atoms with Gasteiger partial charge in [-0.2, -0.15) is 0 Å². The molecule has 0 bridgehead atoms. The minimum atomic E-state index is 0.0205. The van der Waals surface area contributed by atoms with Gasteiger partial charge in [-0.05, 0) is 56.5 Å². The molecule has 0 aliphatic heterocycles. The van der Waals surface area contributed by atoms with Crippen molar-refractivity contribution in [3.63, 3.8) is 0 Å². The summed E-state index contributed by atoms with van der Waals surface area (Å²) in [6.45, 7) is 3.13. The summed E-state index contributed by atoms with van der Waals surface area (Å²) in [4.78, 5) is 15.0. The van der Waals surface area contributed by atoms with E-state index in [-0.39, 0.29) is 5.91 Å². The van der Waals surface area contributed by atoms with Crippen LogP contribution in [0.25, 0.3) is 0 Å². The highest BCUT2D eigenvalue weighted by Gasteiger charge is 2.18. The number of para-hydroxylation sites is 1. The van der Waals surface area contributed by atoms with Crippen LogP contribution in [0, 0.1) is 0 Å². The third-order valence-corrected chi connectivity index (χ3v) is 6.19. The van der Waals surface area contributed by atoms with Crippen LogP contribution in [0.5, 0.6) is 0 Å². The maximum absolute atomic E-state index is 12.5. The standard InChI is InChI=1S/C14H14Br2N2OS/c1-2-18(8-9-5-3-4-6-11(9)17)14(19)12-7-10(15)13(16)20-12/h3-7H,2,8,17H2,1H3. The number of amides is 1. The van der Waals surface area contributed by atoms with Gasteiger partial charge in [0, 0.05) is 23.2 Å². The Morgan fingerprint density at radius 2 is 2.05 bits per heavy atom. The number of halogens is 2. The lowest BCUT2D eigenvalue weighted by atomic mass is 10.1. The Bertz CT molecular complexity index is 608. The number of hydrogen-bond acceptors (Lipinski definition) is 3. The fourth-order valence-electron chi connectivity index (χ4n) is 1.82. The molecular formula is C14H14Br2N2OS. The van der Waals surface area contributed by atoms with E-state index in [1.165, 1.54) is 11.3 Å². The van der Waals surface area contributed by atoms with Gasteiger partial charge in [0.05, 0.1) is 8.66 Å². The normalized spacial score (nSPS) is 10.6. The van der Waals surface area contributed by atoms with Crippen molar-refractivity contribution >= 4 is 54.8 Å². The van der Waals surface area contributed by atoms with Crippen molar-refractivity contribution in [3.8, 4) is 0 Å². The second-order valence-electron chi connectivity index (χ2n) is 4.25. The van der Waals surface area contributed by atoms with Gasteiger partial charge in [-0.1, -0.05) is 18.2 Å². The highest BCUT2D eigenvalue weighted by atomic mass is 79.9. The van der Waals surface area contributed by atoms with E-state index in [0.717, 1.165) is 13.8 Å². The Morgan fingerprint density at radius 1 is 1.35 bits per heavy atom. The molecule has 6 heteroatoms. The summed E-state index contributed by atoms with van der Waals surface area (Å²) in [7, 11) is 0. The number of hydrogen-bond donors (Lipinski definition) is 1. The van der Waals surface area contributed by atoms with Gasteiger partial charge in [-0.25, -0.2) is 0 Å². The first-order chi connectivity index (χ1) is 9.52. The molecule has 1 aromatic carbocycles. The molecule has 1 aromatic heterocycles. The van der Waals surface area contributed by atoms with Gasteiger partial charge >= 0.3 is 0 Å². The van der Waals surface area contributed by atoms with E-state index in [4.69, 9.17) is 5.73 Å². The summed E-state index contributed by atoms with van der Waals surface area (Å²) in [6.07, 6.45) is 0. The Kier molecular flexibility index (Phi) is 5.23. The van der Waals surface area contributed by atoms with E-state index in [2.05, 4.69) is 31.9 Å². The largest absolute Gasteiger partial charge is 0.398 e. The summed E-state index contributed by atoms with van der Waals surface area (Å²) in [6, 6.07) is 9.47. The van der Waals surface area contributed by atoms with Gasteiger partial charge in [0.25, 0.3) is 5.91 Å². The molecule has 0 fully saturated rings. The Hall–Kier alpha value is -0.850. The van der Waals surface area contributed by atoms with Crippen LogP contribution in [-0.4, -0.2) is 17.4 Å². The number of anilines is 1. The average molecular weight is 418 g/mol. The number of thiophene rings is 1. The molecule has 0 spiro atoms. The molecule has 3 nitrogen and oxygen atoms in total. The molecule has 0 saturated heterocycles. The first-order valence-corrected chi connectivity index (χ1v) is 8.50. The van der Waals surface area contributed by atoms with Gasteiger partial charge in [-0.15, -0.1) is 11.3 Å². The van der Waals surface area contributed by atoms with Gasteiger partial charge in [0.2, 0.25) is 0 Å². The molecule has 0 atom stereocenters. The van der Waals surface area contributed by atoms with Crippen molar-refractivity contribution in [2.24, 2.45) is 0 Å². The van der Waals surface area contributed by atoms with Gasteiger partial charge in [0.15, 0.2) is 0 Å². The van der Waals surface area contributed by atoms with Crippen LogP contribution in [0.15, 0.2) is 38.6 Å². The van der Waals surface area contributed by atoms with Crippen LogP contribution in [0.1, 0.15) is 22.2 Å². The lowest BCUT2D eigenvalue weighted by Crippen LogP contribution is -2.30. The maximum atomic E-state index is 12.5. The predicted molar refractivity (Wildman–Crippen MR) is 91.0 cm³/mol. The van der Waals surface area contributed by atoms with Crippen LogP contribution in [0.4, 0.5) is 5.69 Å².